The van der Waals surface area contributed by atoms with Gasteiger partial charge < -0.3 is 4.42 Å². The first-order valence-corrected chi connectivity index (χ1v) is 9.77. The highest BCUT2D eigenvalue weighted by molar-refractivity contribution is 7.90. The maximum Gasteiger partial charge on any atom is 0.314 e. The van der Waals surface area contributed by atoms with Crippen molar-refractivity contribution < 1.29 is 26.0 Å². The summed E-state index contributed by atoms with van der Waals surface area (Å²) in [5.74, 6) is -1.69. The molecule has 3 rings (SSSR count). The molecule has 0 atom stereocenters. The van der Waals surface area contributed by atoms with Crippen molar-refractivity contribution in [3.05, 3.63) is 41.4 Å². The molecule has 0 amide bonds. The SMILES string of the molecule is CN(C)S(=O)(=O)N(Cc1ncc(-c2nnc(C(F)F)o2)s1)c1cncc(F)c1. The molecule has 0 aromatic carbocycles. The van der Waals surface area contributed by atoms with Crippen molar-refractivity contribution >= 4 is 27.2 Å². The van der Waals surface area contributed by atoms with E-state index < -0.39 is 28.3 Å². The average Bonchev–Trinajstić information content (AvgIpc) is 3.28. The highest BCUT2D eigenvalue weighted by Gasteiger charge is 2.27. The van der Waals surface area contributed by atoms with E-state index >= 15 is 0 Å². The van der Waals surface area contributed by atoms with Crippen LogP contribution >= 0.6 is 11.3 Å². The summed E-state index contributed by atoms with van der Waals surface area (Å²) in [6, 6.07) is 1.02. The van der Waals surface area contributed by atoms with E-state index in [1.165, 1.54) is 26.5 Å². The first-order chi connectivity index (χ1) is 13.2. The molecule has 150 valence electrons. The second-order valence-electron chi connectivity index (χ2n) is 5.52. The van der Waals surface area contributed by atoms with Gasteiger partial charge in [0.15, 0.2) is 0 Å². The van der Waals surface area contributed by atoms with Crippen molar-refractivity contribution in [3.8, 4) is 10.8 Å². The molecule has 0 N–H and O–H groups in total. The maximum atomic E-state index is 13.5. The fourth-order valence-electron chi connectivity index (χ4n) is 2.07. The van der Waals surface area contributed by atoms with E-state index in [1.54, 1.807) is 0 Å². The van der Waals surface area contributed by atoms with Crippen LogP contribution in [0.5, 0.6) is 0 Å². The summed E-state index contributed by atoms with van der Waals surface area (Å²) < 4.78 is 70.7. The number of rotatable bonds is 7. The molecule has 9 nitrogen and oxygen atoms in total. The number of thiazole rings is 1. The van der Waals surface area contributed by atoms with E-state index in [0.717, 1.165) is 32.2 Å². The Bertz CT molecular complexity index is 1070. The van der Waals surface area contributed by atoms with Crippen molar-refractivity contribution in [1.82, 2.24) is 24.5 Å². The molecule has 0 unspecified atom stereocenters. The zero-order valence-corrected chi connectivity index (χ0v) is 16.1. The summed E-state index contributed by atoms with van der Waals surface area (Å²) in [6.07, 6.45) is 0.537. The van der Waals surface area contributed by atoms with Gasteiger partial charge in [-0.3, -0.25) is 4.98 Å². The fourth-order valence-corrected chi connectivity index (χ4v) is 4.02. The van der Waals surface area contributed by atoms with Crippen LogP contribution in [-0.2, 0) is 16.8 Å². The minimum atomic E-state index is -3.99. The van der Waals surface area contributed by atoms with E-state index in [4.69, 9.17) is 4.42 Å². The van der Waals surface area contributed by atoms with Gasteiger partial charge >= 0.3 is 16.6 Å². The summed E-state index contributed by atoms with van der Waals surface area (Å²) in [6.45, 7) is -0.244. The van der Waals surface area contributed by atoms with Crippen LogP contribution in [0.2, 0.25) is 0 Å². The van der Waals surface area contributed by atoms with Crippen LogP contribution in [0.3, 0.4) is 0 Å². The average molecular weight is 434 g/mol. The van der Waals surface area contributed by atoms with E-state index in [0.29, 0.717) is 5.01 Å². The third-order valence-corrected chi connectivity index (χ3v) is 6.18. The second kappa shape index (κ2) is 7.81. The van der Waals surface area contributed by atoms with E-state index in [2.05, 4.69) is 20.2 Å². The smallest absolute Gasteiger partial charge is 0.314 e. The maximum absolute atomic E-state index is 13.5. The number of hydrogen-bond donors (Lipinski definition) is 0. The summed E-state index contributed by atoms with van der Waals surface area (Å²) in [4.78, 5) is 8.03. The Morgan fingerprint density at radius 2 is 1.96 bits per heavy atom. The van der Waals surface area contributed by atoms with Crippen molar-refractivity contribution in [2.24, 2.45) is 0 Å². The topological polar surface area (TPSA) is 105 Å². The number of pyridine rings is 1. The largest absolute Gasteiger partial charge is 0.414 e. The lowest BCUT2D eigenvalue weighted by molar-refractivity contribution is 0.116. The molecular formula is C14H13F3N6O3S2. The van der Waals surface area contributed by atoms with E-state index in [1.807, 2.05) is 0 Å². The van der Waals surface area contributed by atoms with Crippen LogP contribution < -0.4 is 4.31 Å². The highest BCUT2D eigenvalue weighted by Crippen LogP contribution is 2.30. The van der Waals surface area contributed by atoms with Crippen LogP contribution in [-0.4, -0.2) is 47.0 Å². The Labute approximate surface area is 161 Å². The molecule has 0 spiro atoms. The number of alkyl halides is 2. The molecule has 0 aliphatic carbocycles. The Morgan fingerprint density at radius 3 is 2.57 bits per heavy atom. The molecule has 0 aliphatic rings. The predicted octanol–water partition coefficient (Wildman–Crippen LogP) is 2.48. The zero-order chi connectivity index (χ0) is 20.5. The van der Waals surface area contributed by atoms with Gasteiger partial charge in [0.2, 0.25) is 0 Å². The standard InChI is InChI=1S/C14H13F3N6O3S2/c1-22(2)28(24,25)23(9-3-8(15)4-18-5-9)7-11-19-6-10(27-11)13-20-21-14(26-13)12(16)17/h3-6,12H,7H2,1-2H3. The fraction of sp³-hybridized carbons (Fsp3) is 0.286. The molecule has 3 heterocycles. The Hall–Kier alpha value is -2.58. The lowest BCUT2D eigenvalue weighted by Crippen LogP contribution is -2.39. The first-order valence-electron chi connectivity index (χ1n) is 7.56. The van der Waals surface area contributed by atoms with Gasteiger partial charge in [-0.1, -0.05) is 0 Å². The number of anilines is 1. The molecule has 28 heavy (non-hydrogen) atoms. The molecule has 0 bridgehead atoms. The van der Waals surface area contributed by atoms with Gasteiger partial charge in [-0.15, -0.1) is 21.5 Å². The lowest BCUT2D eigenvalue weighted by atomic mass is 10.4. The molecule has 0 saturated heterocycles. The van der Waals surface area contributed by atoms with E-state index in [9.17, 15) is 21.6 Å². The van der Waals surface area contributed by atoms with Crippen LogP contribution in [0.4, 0.5) is 18.9 Å². The van der Waals surface area contributed by atoms with Crippen LogP contribution in [0, 0.1) is 5.82 Å². The molecule has 3 aromatic heterocycles. The highest BCUT2D eigenvalue weighted by atomic mass is 32.2. The number of aromatic nitrogens is 4. The van der Waals surface area contributed by atoms with Crippen molar-refractivity contribution in [1.29, 1.82) is 0 Å². The molecule has 0 radical (unpaired) electrons. The van der Waals surface area contributed by atoms with Gasteiger partial charge in [0, 0.05) is 20.2 Å². The second-order valence-corrected chi connectivity index (χ2v) is 8.70. The van der Waals surface area contributed by atoms with Gasteiger partial charge in [-0.2, -0.15) is 21.5 Å². The lowest BCUT2D eigenvalue weighted by Gasteiger charge is -2.26. The molecular weight excluding hydrogens is 421 g/mol. The van der Waals surface area contributed by atoms with Gasteiger partial charge in [-0.25, -0.2) is 13.7 Å². The Kier molecular flexibility index (Phi) is 5.62. The number of halogens is 3. The molecule has 3 aromatic rings. The van der Waals surface area contributed by atoms with Gasteiger partial charge in [0.1, 0.15) is 15.7 Å². The third kappa shape index (κ3) is 4.13. The third-order valence-electron chi connectivity index (χ3n) is 3.39. The molecule has 0 aliphatic heterocycles. The quantitative estimate of drug-likeness (QED) is 0.562. The van der Waals surface area contributed by atoms with Gasteiger partial charge in [-0.05, 0) is 0 Å². The summed E-state index contributed by atoms with van der Waals surface area (Å²) in [7, 11) is -1.34. The summed E-state index contributed by atoms with van der Waals surface area (Å²) in [5.41, 5.74) is 0.00299. The molecule has 14 heteroatoms. The number of nitrogens with zero attached hydrogens (tertiary/aromatic N) is 6. The summed E-state index contributed by atoms with van der Waals surface area (Å²) in [5, 5.41) is 7.05. The van der Waals surface area contributed by atoms with Crippen LogP contribution in [0.15, 0.2) is 29.1 Å². The van der Waals surface area contributed by atoms with Crippen molar-refractivity contribution in [3.63, 3.8) is 0 Å². The van der Waals surface area contributed by atoms with Crippen molar-refractivity contribution in [2.75, 3.05) is 18.4 Å². The predicted molar refractivity (Wildman–Crippen MR) is 93.3 cm³/mol. The zero-order valence-electron chi connectivity index (χ0n) is 14.5. The number of hydrogen-bond acceptors (Lipinski definition) is 8. The minimum absolute atomic E-state index is 0.00299. The van der Waals surface area contributed by atoms with Gasteiger partial charge in [0.05, 0.1) is 30.8 Å². The first kappa shape index (κ1) is 20.2. The van der Waals surface area contributed by atoms with Gasteiger partial charge in [0.25, 0.3) is 11.8 Å². The van der Waals surface area contributed by atoms with Crippen LogP contribution in [0.1, 0.15) is 17.3 Å². The molecule has 0 saturated carbocycles. The summed E-state index contributed by atoms with van der Waals surface area (Å²) >= 11 is 0.975. The van der Waals surface area contributed by atoms with Crippen LogP contribution in [0.25, 0.3) is 10.8 Å². The van der Waals surface area contributed by atoms with E-state index in [-0.39, 0.29) is 23.0 Å². The molecule has 0 fully saturated rings. The Balaban J connectivity index is 1.92. The monoisotopic (exact) mass is 434 g/mol. The Morgan fingerprint density at radius 1 is 1.21 bits per heavy atom. The van der Waals surface area contributed by atoms with Crippen molar-refractivity contribution in [2.45, 2.75) is 13.0 Å². The normalized spacial score (nSPS) is 12.1. The minimum Gasteiger partial charge on any atom is -0.414 e.